The Hall–Kier alpha value is -1.32. The number of ketones is 1. The molecule has 0 N–H and O–H groups in total. The molecule has 1 nitrogen and oxygen atoms in total. The van der Waals surface area contributed by atoms with Gasteiger partial charge in [0.2, 0.25) is 0 Å². The van der Waals surface area contributed by atoms with Gasteiger partial charge in [0.25, 0.3) is 0 Å². The second-order valence-electron chi connectivity index (χ2n) is 5.14. The third kappa shape index (κ3) is 4.08. The van der Waals surface area contributed by atoms with Crippen LogP contribution in [0.5, 0.6) is 0 Å². The van der Waals surface area contributed by atoms with E-state index in [9.17, 15) is 18.0 Å². The molecule has 1 aromatic carbocycles. The summed E-state index contributed by atoms with van der Waals surface area (Å²) in [7, 11) is 0. The molecule has 1 aromatic rings. The van der Waals surface area contributed by atoms with E-state index in [1.807, 2.05) is 13.8 Å². The molecule has 0 radical (unpaired) electrons. The van der Waals surface area contributed by atoms with Crippen LogP contribution >= 0.6 is 0 Å². The Labute approximate surface area is 111 Å². The van der Waals surface area contributed by atoms with Crippen molar-refractivity contribution < 1.29 is 18.0 Å². The zero-order chi connectivity index (χ0) is 14.6. The predicted octanol–water partition coefficient (Wildman–Crippen LogP) is 4.60. The van der Waals surface area contributed by atoms with E-state index in [0.29, 0.717) is 18.8 Å². The maximum atomic E-state index is 13.2. The average molecular weight is 272 g/mol. The Morgan fingerprint density at radius 2 is 1.63 bits per heavy atom. The van der Waals surface area contributed by atoms with E-state index >= 15 is 0 Å². The molecule has 0 aliphatic carbocycles. The first-order valence-corrected chi connectivity index (χ1v) is 6.53. The van der Waals surface area contributed by atoms with Crippen molar-refractivity contribution in [2.75, 3.05) is 0 Å². The summed E-state index contributed by atoms with van der Waals surface area (Å²) in [5.41, 5.74) is 0.226. The number of benzene rings is 1. The molecule has 0 aliphatic heterocycles. The van der Waals surface area contributed by atoms with Gasteiger partial charge in [-0.1, -0.05) is 20.8 Å². The highest BCUT2D eigenvalue weighted by Gasteiger charge is 2.22. The number of hydrogen-bond acceptors (Lipinski definition) is 1. The summed E-state index contributed by atoms with van der Waals surface area (Å²) >= 11 is 0. The highest BCUT2D eigenvalue weighted by Crippen LogP contribution is 2.28. The predicted molar refractivity (Wildman–Crippen MR) is 68.4 cm³/mol. The highest BCUT2D eigenvalue weighted by atomic mass is 19.2. The van der Waals surface area contributed by atoms with Crippen molar-refractivity contribution >= 4 is 5.78 Å². The van der Waals surface area contributed by atoms with Crippen molar-refractivity contribution in [1.82, 2.24) is 0 Å². The van der Waals surface area contributed by atoms with Gasteiger partial charge in [-0.05, 0) is 36.5 Å². The van der Waals surface area contributed by atoms with Gasteiger partial charge in [-0.3, -0.25) is 4.79 Å². The molecule has 0 amide bonds. The lowest BCUT2D eigenvalue weighted by molar-refractivity contribution is -0.120. The zero-order valence-electron chi connectivity index (χ0n) is 11.5. The van der Waals surface area contributed by atoms with E-state index in [2.05, 4.69) is 0 Å². The summed E-state index contributed by atoms with van der Waals surface area (Å²) < 4.78 is 39.4. The molecule has 0 saturated carbocycles. The van der Waals surface area contributed by atoms with Crippen LogP contribution in [0.15, 0.2) is 12.1 Å². The summed E-state index contributed by atoms with van der Waals surface area (Å²) in [4.78, 5) is 11.9. The van der Waals surface area contributed by atoms with E-state index < -0.39 is 23.4 Å². The van der Waals surface area contributed by atoms with Gasteiger partial charge in [0.1, 0.15) is 5.78 Å². The topological polar surface area (TPSA) is 17.1 Å². The first kappa shape index (κ1) is 15.7. The molecule has 106 valence electrons. The van der Waals surface area contributed by atoms with Crippen molar-refractivity contribution in [3.8, 4) is 0 Å². The Kier molecular flexibility index (Phi) is 5.58. The second-order valence-corrected chi connectivity index (χ2v) is 5.14. The van der Waals surface area contributed by atoms with Crippen LogP contribution in [0, 0.1) is 23.4 Å². The number of hydrogen-bond donors (Lipinski definition) is 0. The molecule has 19 heavy (non-hydrogen) atoms. The lowest BCUT2D eigenvalue weighted by Gasteiger charge is -2.17. The summed E-state index contributed by atoms with van der Waals surface area (Å²) in [6, 6.07) is 1.86. The minimum Gasteiger partial charge on any atom is -0.299 e. The highest BCUT2D eigenvalue weighted by molar-refractivity contribution is 5.85. The molecule has 0 bridgehead atoms. The molecule has 1 atom stereocenters. The molecule has 1 unspecified atom stereocenters. The fraction of sp³-hybridized carbons (Fsp3) is 0.533. The monoisotopic (exact) mass is 272 g/mol. The maximum Gasteiger partial charge on any atom is 0.194 e. The Bertz CT molecular complexity index is 432. The van der Waals surface area contributed by atoms with Gasteiger partial charge < -0.3 is 0 Å². The van der Waals surface area contributed by atoms with Crippen molar-refractivity contribution in [3.05, 3.63) is 35.1 Å². The van der Waals surface area contributed by atoms with E-state index in [4.69, 9.17) is 0 Å². The molecule has 0 aliphatic rings. The maximum absolute atomic E-state index is 13.2. The van der Waals surface area contributed by atoms with Crippen LogP contribution in [0.1, 0.15) is 51.5 Å². The SMILES string of the molecule is CCC(=O)C(CCC(C)C)c1cc(F)c(F)c(F)c1. The average Bonchev–Trinajstić information content (AvgIpc) is 2.35. The fourth-order valence-electron chi connectivity index (χ4n) is 2.04. The van der Waals surface area contributed by atoms with Crippen molar-refractivity contribution in [2.24, 2.45) is 5.92 Å². The summed E-state index contributed by atoms with van der Waals surface area (Å²) in [5, 5.41) is 0. The quantitative estimate of drug-likeness (QED) is 0.691. The van der Waals surface area contributed by atoms with Crippen LogP contribution in [0.25, 0.3) is 0 Å². The van der Waals surface area contributed by atoms with Crippen LogP contribution in [0.4, 0.5) is 13.2 Å². The molecule has 1 rings (SSSR count). The van der Waals surface area contributed by atoms with Gasteiger partial charge in [0.15, 0.2) is 17.5 Å². The molecule has 4 heteroatoms. The van der Waals surface area contributed by atoms with Crippen LogP contribution in [-0.2, 0) is 4.79 Å². The third-order valence-corrected chi connectivity index (χ3v) is 3.18. The molecule has 0 heterocycles. The van der Waals surface area contributed by atoms with Crippen LogP contribution < -0.4 is 0 Å². The molecule has 0 spiro atoms. The first-order chi connectivity index (χ1) is 8.86. The van der Waals surface area contributed by atoms with Gasteiger partial charge in [-0.25, -0.2) is 13.2 Å². The minimum atomic E-state index is -1.49. The number of halogens is 3. The van der Waals surface area contributed by atoms with Crippen LogP contribution in [0.2, 0.25) is 0 Å². The normalized spacial score (nSPS) is 12.8. The van der Waals surface area contributed by atoms with Gasteiger partial charge in [-0.2, -0.15) is 0 Å². The first-order valence-electron chi connectivity index (χ1n) is 6.53. The largest absolute Gasteiger partial charge is 0.299 e. The van der Waals surface area contributed by atoms with Gasteiger partial charge in [0, 0.05) is 12.3 Å². The number of carbonyl (C=O) groups excluding carboxylic acids is 1. The second kappa shape index (κ2) is 6.73. The van der Waals surface area contributed by atoms with E-state index in [1.165, 1.54) is 0 Å². The molecule has 0 aromatic heterocycles. The minimum absolute atomic E-state index is 0.0777. The molecule has 0 saturated heterocycles. The Morgan fingerprint density at radius 3 is 2.05 bits per heavy atom. The van der Waals surface area contributed by atoms with Gasteiger partial charge in [0.05, 0.1) is 0 Å². The zero-order valence-corrected chi connectivity index (χ0v) is 11.5. The molecule has 0 fully saturated rings. The van der Waals surface area contributed by atoms with E-state index in [-0.39, 0.29) is 11.3 Å². The van der Waals surface area contributed by atoms with Crippen LogP contribution in [-0.4, -0.2) is 5.78 Å². The summed E-state index contributed by atoms with van der Waals surface area (Å²) in [6.07, 6.45) is 1.59. The number of carbonyl (C=O) groups is 1. The van der Waals surface area contributed by atoms with Gasteiger partial charge in [-0.15, -0.1) is 0 Å². The van der Waals surface area contributed by atoms with E-state index in [0.717, 1.165) is 18.6 Å². The smallest absolute Gasteiger partial charge is 0.194 e. The number of rotatable bonds is 6. The van der Waals surface area contributed by atoms with Crippen molar-refractivity contribution in [1.29, 1.82) is 0 Å². The van der Waals surface area contributed by atoms with E-state index in [1.54, 1.807) is 6.92 Å². The lowest BCUT2D eigenvalue weighted by atomic mass is 9.87. The summed E-state index contributed by atoms with van der Waals surface area (Å²) in [5.74, 6) is -4.22. The fourth-order valence-corrected chi connectivity index (χ4v) is 2.04. The Morgan fingerprint density at radius 1 is 1.11 bits per heavy atom. The Balaban J connectivity index is 3.06. The van der Waals surface area contributed by atoms with Crippen molar-refractivity contribution in [2.45, 2.75) is 46.0 Å². The molecular formula is C15H19F3O. The summed E-state index contributed by atoms with van der Waals surface area (Å²) in [6.45, 7) is 5.74. The third-order valence-electron chi connectivity index (χ3n) is 3.18. The number of Topliss-reactive ketones (excluding diaryl/α,β-unsaturated/α-hetero) is 1. The lowest BCUT2D eigenvalue weighted by Crippen LogP contribution is -2.13. The van der Waals surface area contributed by atoms with Crippen molar-refractivity contribution in [3.63, 3.8) is 0 Å². The standard InChI is InChI=1S/C15H19F3O/c1-4-14(19)11(6-5-9(2)3)10-7-12(16)15(18)13(17)8-10/h7-9,11H,4-6H2,1-3H3. The van der Waals surface area contributed by atoms with Crippen LogP contribution in [0.3, 0.4) is 0 Å². The molecular weight excluding hydrogens is 253 g/mol. The van der Waals surface area contributed by atoms with Gasteiger partial charge >= 0.3 is 0 Å².